The van der Waals surface area contributed by atoms with Crippen LogP contribution in [0.4, 0.5) is 5.69 Å². The zero-order valence-electron chi connectivity index (χ0n) is 10.8. The topological polar surface area (TPSA) is 96.7 Å². The number of carbonyl (C=O) groups excluding carboxylic acids is 1. The Labute approximate surface area is 119 Å². The zero-order chi connectivity index (χ0) is 14.1. The van der Waals surface area contributed by atoms with Gasteiger partial charge in [0.2, 0.25) is 0 Å². The quantitative estimate of drug-likeness (QED) is 0.640. The molecule has 3 rings (SSSR count). The van der Waals surface area contributed by atoms with E-state index in [9.17, 15) is 4.79 Å². The number of thiazole rings is 1. The highest BCUT2D eigenvalue weighted by molar-refractivity contribution is 7.11. The fourth-order valence-corrected chi connectivity index (χ4v) is 2.68. The summed E-state index contributed by atoms with van der Waals surface area (Å²) in [5.74, 6) is -0.229. The second-order valence-corrected chi connectivity index (χ2v) is 5.72. The van der Waals surface area contributed by atoms with Gasteiger partial charge in [0.05, 0.1) is 17.1 Å². The second kappa shape index (κ2) is 4.93. The van der Waals surface area contributed by atoms with Crippen LogP contribution in [0.3, 0.4) is 0 Å². The Morgan fingerprint density at radius 1 is 1.50 bits per heavy atom. The third-order valence-corrected chi connectivity index (χ3v) is 3.81. The molecule has 0 aliphatic carbocycles. The molecule has 20 heavy (non-hydrogen) atoms. The highest BCUT2D eigenvalue weighted by Crippen LogP contribution is 2.19. The number of anilines is 1. The van der Waals surface area contributed by atoms with E-state index >= 15 is 0 Å². The predicted octanol–water partition coefficient (Wildman–Crippen LogP) is 1.84. The van der Waals surface area contributed by atoms with Gasteiger partial charge in [-0.3, -0.25) is 9.89 Å². The first-order valence-corrected chi connectivity index (χ1v) is 6.88. The second-order valence-electron chi connectivity index (χ2n) is 4.41. The number of H-pyrrole nitrogens is 1. The number of aromatic nitrogens is 3. The van der Waals surface area contributed by atoms with Crippen molar-refractivity contribution in [2.45, 2.75) is 13.5 Å². The molecule has 0 bridgehead atoms. The molecule has 1 amide bonds. The van der Waals surface area contributed by atoms with Crippen LogP contribution in [-0.4, -0.2) is 21.1 Å². The number of amides is 1. The van der Waals surface area contributed by atoms with Gasteiger partial charge in [-0.2, -0.15) is 5.10 Å². The average molecular weight is 287 g/mol. The zero-order valence-corrected chi connectivity index (χ0v) is 11.6. The highest BCUT2D eigenvalue weighted by Gasteiger charge is 2.14. The number of rotatable bonds is 3. The average Bonchev–Trinajstić information content (AvgIpc) is 3.02. The molecule has 6 nitrogen and oxygen atoms in total. The number of hydrogen-bond acceptors (Lipinski definition) is 5. The van der Waals surface area contributed by atoms with Gasteiger partial charge in [-0.05, 0) is 25.1 Å². The van der Waals surface area contributed by atoms with E-state index in [-0.39, 0.29) is 5.91 Å². The Kier molecular flexibility index (Phi) is 3.11. The molecule has 7 heteroatoms. The van der Waals surface area contributed by atoms with Gasteiger partial charge >= 0.3 is 0 Å². The molecule has 0 fully saturated rings. The number of nitrogens with one attached hydrogen (secondary N) is 2. The summed E-state index contributed by atoms with van der Waals surface area (Å²) in [6.07, 6.45) is 1.76. The number of nitrogen functional groups attached to an aromatic ring is 1. The number of nitrogens with two attached hydrogens (primary N) is 1. The molecule has 0 atom stereocenters. The SMILES string of the molecule is Cc1ncc(CNC(=O)c2n[nH]c3ccc(N)cc23)s1. The number of aromatic amines is 1. The van der Waals surface area contributed by atoms with Crippen LogP contribution in [0.2, 0.25) is 0 Å². The molecule has 0 aliphatic heterocycles. The van der Waals surface area contributed by atoms with E-state index in [1.807, 2.05) is 6.92 Å². The first-order chi connectivity index (χ1) is 9.63. The summed E-state index contributed by atoms with van der Waals surface area (Å²) in [5.41, 5.74) is 7.49. The van der Waals surface area contributed by atoms with E-state index in [0.29, 0.717) is 17.9 Å². The summed E-state index contributed by atoms with van der Waals surface area (Å²) in [5, 5.41) is 11.4. The molecule has 0 saturated heterocycles. The minimum atomic E-state index is -0.229. The van der Waals surface area contributed by atoms with Crippen LogP contribution in [0, 0.1) is 6.92 Å². The smallest absolute Gasteiger partial charge is 0.272 e. The van der Waals surface area contributed by atoms with Crippen molar-refractivity contribution < 1.29 is 4.79 Å². The van der Waals surface area contributed by atoms with E-state index in [4.69, 9.17) is 5.73 Å². The van der Waals surface area contributed by atoms with Gasteiger partial charge in [-0.1, -0.05) is 0 Å². The van der Waals surface area contributed by atoms with Crippen LogP contribution < -0.4 is 11.1 Å². The molecule has 3 aromatic rings. The van der Waals surface area contributed by atoms with Crippen molar-refractivity contribution in [2.24, 2.45) is 0 Å². The van der Waals surface area contributed by atoms with Gasteiger partial charge < -0.3 is 11.1 Å². The Balaban J connectivity index is 1.80. The third kappa shape index (κ3) is 2.35. The predicted molar refractivity (Wildman–Crippen MR) is 78.5 cm³/mol. The van der Waals surface area contributed by atoms with Crippen molar-refractivity contribution in [3.05, 3.63) is 40.0 Å². The molecular formula is C13H13N5OS. The molecule has 0 radical (unpaired) electrons. The van der Waals surface area contributed by atoms with Crippen molar-refractivity contribution in [3.63, 3.8) is 0 Å². The number of carbonyl (C=O) groups is 1. The Morgan fingerprint density at radius 3 is 3.10 bits per heavy atom. The van der Waals surface area contributed by atoms with Gasteiger partial charge in [-0.15, -0.1) is 11.3 Å². The number of hydrogen-bond donors (Lipinski definition) is 3. The van der Waals surface area contributed by atoms with Gasteiger partial charge in [0, 0.05) is 22.1 Å². The van der Waals surface area contributed by atoms with Crippen molar-refractivity contribution in [1.29, 1.82) is 0 Å². The number of fused-ring (bicyclic) bond motifs is 1. The lowest BCUT2D eigenvalue weighted by Gasteiger charge is -2.01. The van der Waals surface area contributed by atoms with Crippen LogP contribution in [0.15, 0.2) is 24.4 Å². The van der Waals surface area contributed by atoms with Crippen molar-refractivity contribution in [2.75, 3.05) is 5.73 Å². The minimum Gasteiger partial charge on any atom is -0.399 e. The van der Waals surface area contributed by atoms with Crippen LogP contribution in [0.25, 0.3) is 10.9 Å². The van der Waals surface area contributed by atoms with E-state index in [0.717, 1.165) is 20.8 Å². The number of nitrogens with zero attached hydrogens (tertiary/aromatic N) is 2. The lowest BCUT2D eigenvalue weighted by molar-refractivity contribution is 0.0948. The first-order valence-electron chi connectivity index (χ1n) is 6.06. The first kappa shape index (κ1) is 12.6. The largest absolute Gasteiger partial charge is 0.399 e. The van der Waals surface area contributed by atoms with Gasteiger partial charge in [0.1, 0.15) is 0 Å². The molecule has 102 valence electrons. The number of aryl methyl sites for hydroxylation is 1. The van der Waals surface area contributed by atoms with Gasteiger partial charge in [0.15, 0.2) is 5.69 Å². The summed E-state index contributed by atoms with van der Waals surface area (Å²) in [6, 6.07) is 5.31. The molecule has 0 aliphatic rings. The normalized spacial score (nSPS) is 10.8. The summed E-state index contributed by atoms with van der Waals surface area (Å²) in [7, 11) is 0. The summed E-state index contributed by atoms with van der Waals surface area (Å²) in [4.78, 5) is 17.3. The maximum absolute atomic E-state index is 12.2. The third-order valence-electron chi connectivity index (χ3n) is 2.89. The van der Waals surface area contributed by atoms with Crippen molar-refractivity contribution in [3.8, 4) is 0 Å². The highest BCUT2D eigenvalue weighted by atomic mass is 32.1. The van der Waals surface area contributed by atoms with Crippen LogP contribution in [0.5, 0.6) is 0 Å². The molecule has 1 aromatic carbocycles. The minimum absolute atomic E-state index is 0.229. The Morgan fingerprint density at radius 2 is 2.35 bits per heavy atom. The molecule has 0 spiro atoms. The van der Waals surface area contributed by atoms with E-state index < -0.39 is 0 Å². The maximum Gasteiger partial charge on any atom is 0.272 e. The number of benzene rings is 1. The van der Waals surface area contributed by atoms with Crippen LogP contribution >= 0.6 is 11.3 Å². The van der Waals surface area contributed by atoms with Crippen molar-refractivity contribution in [1.82, 2.24) is 20.5 Å². The lowest BCUT2D eigenvalue weighted by atomic mass is 10.2. The molecule has 0 unspecified atom stereocenters. The summed E-state index contributed by atoms with van der Waals surface area (Å²) in [6.45, 7) is 2.38. The van der Waals surface area contributed by atoms with E-state index in [1.54, 1.807) is 35.7 Å². The Bertz CT molecular complexity index is 776. The van der Waals surface area contributed by atoms with Crippen LogP contribution in [-0.2, 0) is 6.54 Å². The van der Waals surface area contributed by atoms with Crippen molar-refractivity contribution >= 4 is 33.8 Å². The van der Waals surface area contributed by atoms with Gasteiger partial charge in [0.25, 0.3) is 5.91 Å². The fraction of sp³-hybridized carbons (Fsp3) is 0.154. The van der Waals surface area contributed by atoms with E-state index in [1.165, 1.54) is 0 Å². The Hall–Kier alpha value is -2.41. The molecule has 0 saturated carbocycles. The molecule has 2 aromatic heterocycles. The lowest BCUT2D eigenvalue weighted by Crippen LogP contribution is -2.22. The van der Waals surface area contributed by atoms with Crippen LogP contribution in [0.1, 0.15) is 20.4 Å². The van der Waals surface area contributed by atoms with E-state index in [2.05, 4.69) is 20.5 Å². The maximum atomic E-state index is 12.2. The standard InChI is InChI=1S/C13H13N5OS/c1-7-15-5-9(20-7)6-16-13(19)12-10-4-8(14)2-3-11(10)17-18-12/h2-5H,6,14H2,1H3,(H,16,19)(H,17,18). The molecular weight excluding hydrogens is 274 g/mol. The monoisotopic (exact) mass is 287 g/mol. The molecule has 4 N–H and O–H groups in total. The summed E-state index contributed by atoms with van der Waals surface area (Å²) >= 11 is 1.56. The van der Waals surface area contributed by atoms with Gasteiger partial charge in [-0.25, -0.2) is 4.98 Å². The fourth-order valence-electron chi connectivity index (χ4n) is 1.94. The molecule has 2 heterocycles. The summed E-state index contributed by atoms with van der Waals surface area (Å²) < 4.78 is 0.